The van der Waals surface area contributed by atoms with E-state index in [1.165, 1.54) is 16.7 Å². The van der Waals surface area contributed by atoms with Gasteiger partial charge in [0.2, 0.25) is 5.91 Å². The van der Waals surface area contributed by atoms with E-state index in [1.807, 2.05) is 6.20 Å². The molecule has 1 unspecified atom stereocenters. The van der Waals surface area contributed by atoms with E-state index in [-0.39, 0.29) is 23.4 Å². The minimum absolute atomic E-state index is 0.0593. The lowest BCUT2D eigenvalue weighted by molar-refractivity contribution is -0.157. The van der Waals surface area contributed by atoms with Crippen LogP contribution in [0.5, 0.6) is 0 Å². The highest BCUT2D eigenvalue weighted by molar-refractivity contribution is 5.82. The molecular weight excluding hydrogens is 430 g/mol. The van der Waals surface area contributed by atoms with Crippen molar-refractivity contribution in [1.29, 1.82) is 0 Å². The predicted octanol–water partition coefficient (Wildman–Crippen LogP) is 2.41. The van der Waals surface area contributed by atoms with E-state index < -0.39 is 5.60 Å². The summed E-state index contributed by atoms with van der Waals surface area (Å²) in [5, 5.41) is 3.42. The summed E-state index contributed by atoms with van der Waals surface area (Å²) in [6, 6.07) is 8.48. The Kier molecular flexibility index (Phi) is 6.35. The van der Waals surface area contributed by atoms with Gasteiger partial charge in [0, 0.05) is 51.1 Å². The van der Waals surface area contributed by atoms with Crippen LogP contribution in [0.15, 0.2) is 35.3 Å². The second kappa shape index (κ2) is 9.29. The average Bonchev–Trinajstić information content (AvgIpc) is 3.63. The number of piperidine rings is 1. The number of ether oxygens (including phenoxy) is 2. The van der Waals surface area contributed by atoms with E-state index in [2.05, 4.69) is 35.3 Å². The number of pyridine rings is 1. The zero-order chi connectivity index (χ0) is 23.9. The molecule has 2 fully saturated rings. The maximum absolute atomic E-state index is 14.2. The van der Waals surface area contributed by atoms with Crippen LogP contribution in [0.2, 0.25) is 0 Å². The number of aryl methyl sites for hydroxylation is 2. The molecule has 0 bridgehead atoms. The lowest BCUT2D eigenvalue weighted by Gasteiger charge is -2.42. The number of nitrogens with zero attached hydrogens (tertiary/aromatic N) is 2. The van der Waals surface area contributed by atoms with Crippen LogP contribution in [-0.4, -0.2) is 48.2 Å². The van der Waals surface area contributed by atoms with Crippen molar-refractivity contribution in [1.82, 2.24) is 14.8 Å². The number of carbonyl (C=O) groups excluding carboxylic acids is 1. The molecule has 3 heterocycles. The topological polar surface area (TPSA) is 72.8 Å². The van der Waals surface area contributed by atoms with Crippen molar-refractivity contribution in [3.8, 4) is 0 Å². The zero-order valence-corrected chi connectivity index (χ0v) is 20.4. The van der Waals surface area contributed by atoms with Gasteiger partial charge < -0.3 is 24.3 Å². The van der Waals surface area contributed by atoms with Crippen molar-refractivity contribution in [2.75, 3.05) is 26.8 Å². The summed E-state index contributed by atoms with van der Waals surface area (Å²) in [5.41, 5.74) is 4.75. The molecule has 1 saturated heterocycles. The number of benzene rings is 1. The molecule has 2 aliphatic heterocycles. The largest absolute Gasteiger partial charge is 0.384 e. The van der Waals surface area contributed by atoms with Gasteiger partial charge in [0.25, 0.3) is 5.56 Å². The third kappa shape index (κ3) is 4.21. The fraction of sp³-hybridized carbons (Fsp3) is 0.556. The maximum atomic E-state index is 14.2. The van der Waals surface area contributed by atoms with Gasteiger partial charge in [-0.2, -0.15) is 0 Å². The number of methoxy groups -OCH3 is 1. The van der Waals surface area contributed by atoms with Crippen molar-refractivity contribution in [3.05, 3.63) is 68.6 Å². The molecule has 3 aliphatic rings. The number of hydrogen-bond acceptors (Lipinski definition) is 5. The Morgan fingerprint density at radius 1 is 1.32 bits per heavy atom. The van der Waals surface area contributed by atoms with E-state index in [9.17, 15) is 9.59 Å². The van der Waals surface area contributed by atoms with E-state index in [0.717, 1.165) is 36.9 Å². The molecule has 1 aliphatic carbocycles. The highest BCUT2D eigenvalue weighted by atomic mass is 16.5. The van der Waals surface area contributed by atoms with E-state index >= 15 is 0 Å². The molecular formula is C27H35N3O4. The summed E-state index contributed by atoms with van der Waals surface area (Å²) in [5.74, 6) is -0.225. The highest BCUT2D eigenvalue weighted by Gasteiger charge is 2.53. The molecule has 1 spiro atoms. The van der Waals surface area contributed by atoms with Crippen LogP contribution in [0, 0.1) is 12.8 Å². The summed E-state index contributed by atoms with van der Waals surface area (Å²) >= 11 is 0. The standard InChI is InChI=1S/C27H35N3O4/c1-18-4-5-19(8-11-33-3)12-20(18)16-30(22-6-7-22)26(32)24-14-28-10-9-27(24)23-13-25(31)29(2)15-21(23)17-34-27/h4-5,12-13,15,22,24,28H,6-11,14,16-17H2,1-3H3/t24?,27-/m0/s1. The van der Waals surface area contributed by atoms with Gasteiger partial charge in [0.05, 0.1) is 19.1 Å². The minimum atomic E-state index is -0.729. The molecule has 2 aromatic rings. The van der Waals surface area contributed by atoms with Crippen molar-refractivity contribution in [3.63, 3.8) is 0 Å². The molecule has 1 amide bonds. The first-order chi connectivity index (χ1) is 16.4. The first kappa shape index (κ1) is 23.3. The first-order valence-electron chi connectivity index (χ1n) is 12.4. The summed E-state index contributed by atoms with van der Waals surface area (Å²) in [7, 11) is 3.48. The van der Waals surface area contributed by atoms with Crippen LogP contribution >= 0.6 is 0 Å². The molecule has 34 heavy (non-hydrogen) atoms. The Hall–Kier alpha value is -2.48. The van der Waals surface area contributed by atoms with Gasteiger partial charge in [-0.1, -0.05) is 18.2 Å². The van der Waals surface area contributed by atoms with Gasteiger partial charge in [0.15, 0.2) is 0 Å². The van der Waals surface area contributed by atoms with E-state index in [1.54, 1.807) is 24.8 Å². The van der Waals surface area contributed by atoms with Gasteiger partial charge in [-0.3, -0.25) is 9.59 Å². The monoisotopic (exact) mass is 465 g/mol. The fourth-order valence-corrected chi connectivity index (χ4v) is 5.55. The number of amides is 1. The fourth-order valence-electron chi connectivity index (χ4n) is 5.55. The van der Waals surface area contributed by atoms with Gasteiger partial charge >= 0.3 is 0 Å². The van der Waals surface area contributed by atoms with Gasteiger partial charge in [-0.25, -0.2) is 0 Å². The van der Waals surface area contributed by atoms with Crippen molar-refractivity contribution in [2.24, 2.45) is 13.0 Å². The Bertz CT molecular complexity index is 1140. The van der Waals surface area contributed by atoms with Crippen molar-refractivity contribution < 1.29 is 14.3 Å². The minimum Gasteiger partial charge on any atom is -0.384 e. The molecule has 1 N–H and O–H groups in total. The molecule has 2 atom stereocenters. The number of carbonyl (C=O) groups is 1. The van der Waals surface area contributed by atoms with Crippen LogP contribution in [0.4, 0.5) is 0 Å². The SMILES string of the molecule is COCCc1ccc(C)c(CN(C(=O)C2CNCC[C@@]23OCc2cn(C)c(=O)cc23)C2CC2)c1. The molecule has 1 saturated carbocycles. The number of hydrogen-bond donors (Lipinski definition) is 1. The molecule has 182 valence electrons. The quantitative estimate of drug-likeness (QED) is 0.680. The van der Waals surface area contributed by atoms with Gasteiger partial charge in [-0.15, -0.1) is 0 Å². The second-order valence-electron chi connectivity index (χ2n) is 10.0. The van der Waals surface area contributed by atoms with Gasteiger partial charge in [-0.05, 0) is 61.4 Å². The van der Waals surface area contributed by atoms with Crippen LogP contribution in [-0.2, 0) is 46.5 Å². The molecule has 1 aromatic heterocycles. The lowest BCUT2D eigenvalue weighted by Crippen LogP contribution is -2.55. The normalized spacial score (nSPS) is 23.8. The number of fused-ring (bicyclic) bond motifs is 2. The Morgan fingerprint density at radius 3 is 2.91 bits per heavy atom. The zero-order valence-electron chi connectivity index (χ0n) is 20.4. The Balaban J connectivity index is 1.46. The summed E-state index contributed by atoms with van der Waals surface area (Å²) in [6.07, 6.45) is 5.49. The molecule has 0 radical (unpaired) electrons. The Labute approximate surface area is 201 Å². The van der Waals surface area contributed by atoms with E-state index in [0.29, 0.717) is 32.7 Å². The van der Waals surface area contributed by atoms with Crippen LogP contribution in [0.25, 0.3) is 0 Å². The number of rotatable bonds is 7. The van der Waals surface area contributed by atoms with Crippen LogP contribution in [0.3, 0.4) is 0 Å². The second-order valence-corrected chi connectivity index (χ2v) is 10.0. The van der Waals surface area contributed by atoms with Crippen molar-refractivity contribution >= 4 is 5.91 Å². The van der Waals surface area contributed by atoms with Crippen LogP contribution < -0.4 is 10.9 Å². The van der Waals surface area contributed by atoms with E-state index in [4.69, 9.17) is 9.47 Å². The first-order valence-corrected chi connectivity index (χ1v) is 12.4. The number of aromatic nitrogens is 1. The molecule has 5 rings (SSSR count). The Morgan fingerprint density at radius 2 is 2.15 bits per heavy atom. The summed E-state index contributed by atoms with van der Waals surface area (Å²) < 4.78 is 13.3. The van der Waals surface area contributed by atoms with Gasteiger partial charge in [0.1, 0.15) is 5.60 Å². The third-order valence-electron chi connectivity index (χ3n) is 7.75. The number of nitrogens with one attached hydrogen (secondary N) is 1. The summed E-state index contributed by atoms with van der Waals surface area (Å²) in [6.45, 7) is 5.16. The predicted molar refractivity (Wildman–Crippen MR) is 129 cm³/mol. The maximum Gasteiger partial charge on any atom is 0.250 e. The van der Waals surface area contributed by atoms with Crippen molar-refractivity contribution in [2.45, 2.75) is 57.4 Å². The summed E-state index contributed by atoms with van der Waals surface area (Å²) in [4.78, 5) is 28.8. The third-order valence-corrected chi connectivity index (χ3v) is 7.75. The molecule has 7 heteroatoms. The molecule has 7 nitrogen and oxygen atoms in total. The van der Waals surface area contributed by atoms with Crippen LogP contribution in [0.1, 0.15) is 47.1 Å². The lowest BCUT2D eigenvalue weighted by atomic mass is 9.75. The highest BCUT2D eigenvalue weighted by Crippen LogP contribution is 2.47. The smallest absolute Gasteiger partial charge is 0.250 e. The average molecular weight is 466 g/mol. The molecule has 1 aromatic carbocycles.